The predicted molar refractivity (Wildman–Crippen MR) is 56.1 cm³/mol. The number of nitrogens with one attached hydrogen (secondary N) is 1. The first-order chi connectivity index (χ1) is 7.31. The fourth-order valence-electron chi connectivity index (χ4n) is 1.38. The number of aromatic nitrogens is 3. The Labute approximate surface area is 88.1 Å². The Balaban J connectivity index is 2.24. The molecule has 0 aliphatic heterocycles. The van der Waals surface area contributed by atoms with Crippen LogP contribution in [0.4, 0.5) is 0 Å². The molecule has 0 aromatic carbocycles. The summed E-state index contributed by atoms with van der Waals surface area (Å²) in [5, 5.41) is 7.49. The lowest BCUT2D eigenvalue weighted by molar-refractivity contribution is 0.565. The van der Waals surface area contributed by atoms with E-state index in [1.165, 1.54) is 6.39 Å². The Morgan fingerprint density at radius 2 is 2.40 bits per heavy atom. The molecule has 80 valence electrons. The summed E-state index contributed by atoms with van der Waals surface area (Å²) in [6, 6.07) is 1.91. The van der Waals surface area contributed by atoms with Gasteiger partial charge in [0.1, 0.15) is 11.4 Å². The maximum absolute atomic E-state index is 5.33. The molecule has 0 saturated heterocycles. The van der Waals surface area contributed by atoms with Gasteiger partial charge in [0, 0.05) is 19.8 Å². The van der Waals surface area contributed by atoms with Gasteiger partial charge in [-0.2, -0.15) is 5.10 Å². The van der Waals surface area contributed by atoms with Crippen molar-refractivity contribution in [1.82, 2.24) is 20.1 Å². The van der Waals surface area contributed by atoms with Crippen LogP contribution < -0.4 is 5.32 Å². The van der Waals surface area contributed by atoms with Crippen LogP contribution >= 0.6 is 0 Å². The van der Waals surface area contributed by atoms with Crippen LogP contribution in [-0.2, 0) is 13.6 Å². The molecule has 2 aromatic heterocycles. The molecule has 0 bridgehead atoms. The lowest BCUT2D eigenvalue weighted by Gasteiger charge is -1.98. The van der Waals surface area contributed by atoms with Gasteiger partial charge in [-0.05, 0) is 12.6 Å². The van der Waals surface area contributed by atoms with Crippen molar-refractivity contribution in [2.24, 2.45) is 7.05 Å². The van der Waals surface area contributed by atoms with Gasteiger partial charge >= 0.3 is 0 Å². The first kappa shape index (κ1) is 9.92. The van der Waals surface area contributed by atoms with Gasteiger partial charge in [0.25, 0.3) is 0 Å². The second kappa shape index (κ2) is 4.27. The Bertz CT molecular complexity index is 432. The zero-order valence-corrected chi connectivity index (χ0v) is 8.90. The molecule has 2 aromatic rings. The molecule has 15 heavy (non-hydrogen) atoms. The van der Waals surface area contributed by atoms with Crippen LogP contribution in [0.25, 0.3) is 11.5 Å². The molecule has 5 nitrogen and oxygen atoms in total. The smallest absolute Gasteiger partial charge is 0.181 e. The Morgan fingerprint density at radius 3 is 3.07 bits per heavy atom. The summed E-state index contributed by atoms with van der Waals surface area (Å²) < 4.78 is 7.08. The van der Waals surface area contributed by atoms with Crippen LogP contribution in [0.5, 0.6) is 0 Å². The van der Waals surface area contributed by atoms with E-state index in [-0.39, 0.29) is 0 Å². The minimum absolute atomic E-state index is 0.707. The molecule has 0 aliphatic carbocycles. The van der Waals surface area contributed by atoms with Crippen molar-refractivity contribution < 1.29 is 4.42 Å². The van der Waals surface area contributed by atoms with E-state index in [0.717, 1.165) is 23.7 Å². The van der Waals surface area contributed by atoms with Crippen LogP contribution in [-0.4, -0.2) is 21.3 Å². The summed E-state index contributed by atoms with van der Waals surface area (Å²) in [6.45, 7) is 3.67. The highest BCUT2D eigenvalue weighted by Gasteiger charge is 2.12. The average Bonchev–Trinajstić information content (AvgIpc) is 2.82. The highest BCUT2D eigenvalue weighted by Crippen LogP contribution is 2.20. The van der Waals surface area contributed by atoms with E-state index >= 15 is 0 Å². The average molecular weight is 206 g/mol. The topological polar surface area (TPSA) is 55.9 Å². The SMILES string of the molecule is CCNCc1ncoc1-c1ccn(C)n1. The largest absolute Gasteiger partial charge is 0.441 e. The van der Waals surface area contributed by atoms with Gasteiger partial charge < -0.3 is 9.73 Å². The Hall–Kier alpha value is -1.62. The monoisotopic (exact) mass is 206 g/mol. The number of aryl methyl sites for hydroxylation is 1. The molecule has 2 rings (SSSR count). The standard InChI is InChI=1S/C10H14N4O/c1-3-11-6-9-10(15-7-12-9)8-4-5-14(2)13-8/h4-5,7,11H,3,6H2,1-2H3. The third-order valence-corrected chi connectivity index (χ3v) is 2.13. The summed E-state index contributed by atoms with van der Waals surface area (Å²) in [4.78, 5) is 4.16. The van der Waals surface area contributed by atoms with Gasteiger partial charge in [0.15, 0.2) is 12.2 Å². The van der Waals surface area contributed by atoms with E-state index in [1.54, 1.807) is 4.68 Å². The first-order valence-electron chi connectivity index (χ1n) is 4.94. The minimum atomic E-state index is 0.707. The fourth-order valence-corrected chi connectivity index (χ4v) is 1.38. The maximum Gasteiger partial charge on any atom is 0.181 e. The molecule has 2 heterocycles. The minimum Gasteiger partial charge on any atom is -0.441 e. The van der Waals surface area contributed by atoms with Crippen molar-refractivity contribution >= 4 is 0 Å². The summed E-state index contributed by atoms with van der Waals surface area (Å²) in [5.41, 5.74) is 1.72. The van der Waals surface area contributed by atoms with E-state index in [1.807, 2.05) is 19.3 Å². The summed E-state index contributed by atoms with van der Waals surface area (Å²) in [7, 11) is 1.88. The van der Waals surface area contributed by atoms with Crippen LogP contribution in [0.3, 0.4) is 0 Å². The second-order valence-corrected chi connectivity index (χ2v) is 3.28. The number of hydrogen-bond acceptors (Lipinski definition) is 4. The van der Waals surface area contributed by atoms with Crippen molar-refractivity contribution in [2.45, 2.75) is 13.5 Å². The molecule has 1 N–H and O–H groups in total. The van der Waals surface area contributed by atoms with Gasteiger partial charge in [-0.3, -0.25) is 4.68 Å². The van der Waals surface area contributed by atoms with E-state index in [4.69, 9.17) is 4.42 Å². The fraction of sp³-hybridized carbons (Fsp3) is 0.400. The van der Waals surface area contributed by atoms with Crippen LogP contribution in [0.1, 0.15) is 12.6 Å². The van der Waals surface area contributed by atoms with Crippen LogP contribution in [0, 0.1) is 0 Å². The zero-order valence-electron chi connectivity index (χ0n) is 8.90. The second-order valence-electron chi connectivity index (χ2n) is 3.28. The van der Waals surface area contributed by atoms with Gasteiger partial charge in [0.05, 0.1) is 0 Å². The molecule has 0 amide bonds. The molecular weight excluding hydrogens is 192 g/mol. The van der Waals surface area contributed by atoms with Crippen molar-refractivity contribution in [3.05, 3.63) is 24.4 Å². The van der Waals surface area contributed by atoms with Crippen LogP contribution in [0.15, 0.2) is 23.1 Å². The highest BCUT2D eigenvalue weighted by atomic mass is 16.3. The molecule has 0 saturated carbocycles. The van der Waals surface area contributed by atoms with Gasteiger partial charge in [-0.1, -0.05) is 6.92 Å². The number of oxazole rings is 1. The number of hydrogen-bond donors (Lipinski definition) is 1. The van der Waals surface area contributed by atoms with E-state index < -0.39 is 0 Å². The van der Waals surface area contributed by atoms with E-state index in [0.29, 0.717) is 6.54 Å². The van der Waals surface area contributed by atoms with Crippen molar-refractivity contribution in [3.8, 4) is 11.5 Å². The molecule has 0 spiro atoms. The summed E-state index contributed by atoms with van der Waals surface area (Å²) in [6.07, 6.45) is 3.34. The molecule has 0 fully saturated rings. The highest BCUT2D eigenvalue weighted by molar-refractivity contribution is 5.53. The predicted octanol–water partition coefficient (Wildman–Crippen LogP) is 1.18. The summed E-state index contributed by atoms with van der Waals surface area (Å²) in [5.74, 6) is 0.747. The lowest BCUT2D eigenvalue weighted by Crippen LogP contribution is -2.12. The lowest BCUT2D eigenvalue weighted by atomic mass is 10.2. The number of rotatable bonds is 4. The Kier molecular flexibility index (Phi) is 2.82. The van der Waals surface area contributed by atoms with Crippen molar-refractivity contribution in [2.75, 3.05) is 6.54 Å². The van der Waals surface area contributed by atoms with Gasteiger partial charge in [-0.25, -0.2) is 4.98 Å². The van der Waals surface area contributed by atoms with Crippen molar-refractivity contribution in [3.63, 3.8) is 0 Å². The quantitative estimate of drug-likeness (QED) is 0.816. The molecule has 0 radical (unpaired) electrons. The zero-order chi connectivity index (χ0) is 10.7. The van der Waals surface area contributed by atoms with Crippen LogP contribution in [0.2, 0.25) is 0 Å². The van der Waals surface area contributed by atoms with Gasteiger partial charge in [-0.15, -0.1) is 0 Å². The van der Waals surface area contributed by atoms with Gasteiger partial charge in [0.2, 0.25) is 0 Å². The van der Waals surface area contributed by atoms with E-state index in [2.05, 4.69) is 22.3 Å². The maximum atomic E-state index is 5.33. The molecule has 0 aliphatic rings. The first-order valence-corrected chi connectivity index (χ1v) is 4.94. The van der Waals surface area contributed by atoms with Crippen molar-refractivity contribution in [1.29, 1.82) is 0 Å². The summed E-state index contributed by atoms with van der Waals surface area (Å²) >= 11 is 0. The van der Waals surface area contributed by atoms with E-state index in [9.17, 15) is 0 Å². The molecule has 5 heteroatoms. The third kappa shape index (κ3) is 2.07. The third-order valence-electron chi connectivity index (χ3n) is 2.13. The normalized spacial score (nSPS) is 10.8. The molecular formula is C10H14N4O. The molecule has 0 unspecified atom stereocenters. The Morgan fingerprint density at radius 1 is 1.53 bits per heavy atom. The number of nitrogens with zero attached hydrogens (tertiary/aromatic N) is 3. The molecule has 0 atom stereocenters.